The highest BCUT2D eigenvalue weighted by Crippen LogP contribution is 2.28. The van der Waals surface area contributed by atoms with Crippen molar-refractivity contribution in [1.82, 2.24) is 14.8 Å². The van der Waals surface area contributed by atoms with Crippen LogP contribution in [-0.4, -0.2) is 14.8 Å². The van der Waals surface area contributed by atoms with Crippen molar-refractivity contribution in [3.8, 4) is 5.75 Å². The Morgan fingerprint density at radius 3 is 2.60 bits per heavy atom. The normalized spacial score (nSPS) is 12.2. The Hall–Kier alpha value is -1.98. The Balaban J connectivity index is 1.70. The molecule has 0 spiro atoms. The van der Waals surface area contributed by atoms with Gasteiger partial charge in [0, 0.05) is 17.8 Å². The molecule has 0 radical (unpaired) electrons. The molecule has 0 aliphatic rings. The summed E-state index contributed by atoms with van der Waals surface area (Å²) >= 11 is 7.83. The van der Waals surface area contributed by atoms with Crippen LogP contribution in [0.25, 0.3) is 0 Å². The number of aromatic nitrogens is 3. The van der Waals surface area contributed by atoms with Crippen LogP contribution in [0.5, 0.6) is 5.75 Å². The van der Waals surface area contributed by atoms with E-state index in [1.807, 2.05) is 74.0 Å². The van der Waals surface area contributed by atoms with Crippen molar-refractivity contribution in [1.29, 1.82) is 0 Å². The number of hydrogen-bond donors (Lipinski definition) is 0. The largest absolute Gasteiger partial charge is 0.482 e. The molecule has 25 heavy (non-hydrogen) atoms. The highest BCUT2D eigenvalue weighted by molar-refractivity contribution is 7.98. The van der Waals surface area contributed by atoms with E-state index in [1.54, 1.807) is 11.8 Å². The SMILES string of the molecule is Cc1ccccc1OC(C)c1nnc(SCc2ccccc2Cl)n1C. The average molecular weight is 374 g/mol. The summed E-state index contributed by atoms with van der Waals surface area (Å²) in [6.07, 6.45) is -0.187. The lowest BCUT2D eigenvalue weighted by Gasteiger charge is -2.15. The highest BCUT2D eigenvalue weighted by atomic mass is 35.5. The maximum Gasteiger partial charge on any atom is 0.191 e. The van der Waals surface area contributed by atoms with Gasteiger partial charge in [0.25, 0.3) is 0 Å². The summed E-state index contributed by atoms with van der Waals surface area (Å²) in [5, 5.41) is 10.2. The van der Waals surface area contributed by atoms with E-state index < -0.39 is 0 Å². The van der Waals surface area contributed by atoms with E-state index in [9.17, 15) is 0 Å². The molecule has 0 saturated heterocycles. The van der Waals surface area contributed by atoms with Crippen molar-refractivity contribution in [2.24, 2.45) is 7.05 Å². The molecule has 1 atom stereocenters. The van der Waals surface area contributed by atoms with E-state index in [0.29, 0.717) is 0 Å². The predicted molar refractivity (Wildman–Crippen MR) is 102 cm³/mol. The van der Waals surface area contributed by atoms with Crippen molar-refractivity contribution in [3.63, 3.8) is 0 Å². The van der Waals surface area contributed by atoms with Crippen molar-refractivity contribution in [2.45, 2.75) is 30.9 Å². The lowest BCUT2D eigenvalue weighted by molar-refractivity contribution is 0.210. The second kappa shape index (κ2) is 7.93. The van der Waals surface area contributed by atoms with E-state index in [2.05, 4.69) is 10.2 Å². The van der Waals surface area contributed by atoms with Crippen LogP contribution in [-0.2, 0) is 12.8 Å². The Kier molecular flexibility index (Phi) is 5.66. The van der Waals surface area contributed by atoms with Gasteiger partial charge in [-0.3, -0.25) is 0 Å². The van der Waals surface area contributed by atoms with Crippen LogP contribution < -0.4 is 4.74 Å². The molecule has 0 aliphatic carbocycles. The van der Waals surface area contributed by atoms with Gasteiger partial charge in [0.2, 0.25) is 0 Å². The molecule has 0 bridgehead atoms. The van der Waals surface area contributed by atoms with Gasteiger partial charge in [-0.2, -0.15) is 0 Å². The summed E-state index contributed by atoms with van der Waals surface area (Å²) in [6, 6.07) is 15.8. The van der Waals surface area contributed by atoms with Gasteiger partial charge in [-0.15, -0.1) is 10.2 Å². The number of thioether (sulfide) groups is 1. The van der Waals surface area contributed by atoms with E-state index in [-0.39, 0.29) is 6.10 Å². The summed E-state index contributed by atoms with van der Waals surface area (Å²) in [5.41, 5.74) is 2.19. The molecule has 3 rings (SSSR count). The van der Waals surface area contributed by atoms with Crippen LogP contribution in [0.1, 0.15) is 30.0 Å². The highest BCUT2D eigenvalue weighted by Gasteiger charge is 2.18. The first kappa shape index (κ1) is 17.8. The van der Waals surface area contributed by atoms with Gasteiger partial charge in [0.15, 0.2) is 17.1 Å². The van der Waals surface area contributed by atoms with Crippen LogP contribution in [0, 0.1) is 6.92 Å². The minimum absolute atomic E-state index is 0.187. The summed E-state index contributed by atoms with van der Waals surface area (Å²) in [5.74, 6) is 2.41. The topological polar surface area (TPSA) is 39.9 Å². The Labute approximate surface area is 157 Å². The van der Waals surface area contributed by atoms with Gasteiger partial charge >= 0.3 is 0 Å². The van der Waals surface area contributed by atoms with Gasteiger partial charge in [-0.25, -0.2) is 0 Å². The fourth-order valence-electron chi connectivity index (χ4n) is 2.50. The van der Waals surface area contributed by atoms with Gasteiger partial charge in [-0.1, -0.05) is 59.8 Å². The van der Waals surface area contributed by atoms with Crippen LogP contribution in [0.15, 0.2) is 53.7 Å². The number of benzene rings is 2. The molecule has 1 aromatic heterocycles. The van der Waals surface area contributed by atoms with Crippen molar-refractivity contribution >= 4 is 23.4 Å². The van der Waals surface area contributed by atoms with E-state index in [0.717, 1.165) is 38.6 Å². The van der Waals surface area contributed by atoms with Crippen LogP contribution in [0.3, 0.4) is 0 Å². The number of para-hydroxylation sites is 1. The average Bonchev–Trinajstić information content (AvgIpc) is 2.97. The molecule has 6 heteroatoms. The first-order valence-electron chi connectivity index (χ1n) is 8.04. The molecule has 0 amide bonds. The minimum Gasteiger partial charge on any atom is -0.482 e. The molecule has 4 nitrogen and oxygen atoms in total. The fraction of sp³-hybridized carbons (Fsp3) is 0.263. The molecular formula is C19H20ClN3OS. The third-order valence-electron chi connectivity index (χ3n) is 3.94. The van der Waals surface area contributed by atoms with Crippen LogP contribution in [0.2, 0.25) is 5.02 Å². The molecule has 1 unspecified atom stereocenters. The van der Waals surface area contributed by atoms with E-state index in [4.69, 9.17) is 16.3 Å². The Morgan fingerprint density at radius 1 is 1.12 bits per heavy atom. The molecule has 0 saturated carbocycles. The summed E-state index contributed by atoms with van der Waals surface area (Å²) in [6.45, 7) is 4.02. The van der Waals surface area contributed by atoms with Crippen molar-refractivity contribution in [3.05, 3.63) is 70.5 Å². The van der Waals surface area contributed by atoms with E-state index in [1.165, 1.54) is 0 Å². The third-order valence-corrected chi connectivity index (χ3v) is 5.38. The zero-order chi connectivity index (χ0) is 17.8. The number of aryl methyl sites for hydroxylation is 1. The number of ether oxygens (including phenoxy) is 1. The predicted octanol–water partition coefficient (Wildman–Crippen LogP) is 5.21. The standard InChI is InChI=1S/C19H20ClN3OS/c1-13-8-4-7-11-17(13)24-14(2)18-21-22-19(23(18)3)25-12-15-9-5-6-10-16(15)20/h4-11,14H,12H2,1-3H3. The molecule has 3 aromatic rings. The first-order valence-corrected chi connectivity index (χ1v) is 9.40. The van der Waals surface area contributed by atoms with Gasteiger partial charge in [-0.05, 0) is 37.1 Å². The van der Waals surface area contributed by atoms with Gasteiger partial charge < -0.3 is 9.30 Å². The van der Waals surface area contributed by atoms with Crippen LogP contribution >= 0.6 is 23.4 Å². The van der Waals surface area contributed by atoms with Crippen LogP contribution in [0.4, 0.5) is 0 Å². The first-order chi connectivity index (χ1) is 12.1. The monoisotopic (exact) mass is 373 g/mol. The summed E-state index contributed by atoms with van der Waals surface area (Å²) in [7, 11) is 1.96. The Bertz CT molecular complexity index is 865. The van der Waals surface area contributed by atoms with Crippen molar-refractivity contribution in [2.75, 3.05) is 0 Å². The fourth-order valence-corrected chi connectivity index (χ4v) is 3.70. The Morgan fingerprint density at radius 2 is 1.84 bits per heavy atom. The summed E-state index contributed by atoms with van der Waals surface area (Å²) < 4.78 is 8.03. The third kappa shape index (κ3) is 4.17. The smallest absolute Gasteiger partial charge is 0.191 e. The zero-order valence-electron chi connectivity index (χ0n) is 14.4. The number of halogens is 1. The molecular weight excluding hydrogens is 354 g/mol. The second-order valence-corrected chi connectivity index (χ2v) is 7.16. The van der Waals surface area contributed by atoms with Crippen molar-refractivity contribution < 1.29 is 4.74 Å². The quantitative estimate of drug-likeness (QED) is 0.556. The second-order valence-electron chi connectivity index (χ2n) is 5.81. The summed E-state index contributed by atoms with van der Waals surface area (Å²) in [4.78, 5) is 0. The molecule has 2 aromatic carbocycles. The molecule has 0 fully saturated rings. The number of nitrogens with zero attached hydrogens (tertiary/aromatic N) is 3. The van der Waals surface area contributed by atoms with Gasteiger partial charge in [0.05, 0.1) is 0 Å². The molecule has 1 heterocycles. The minimum atomic E-state index is -0.187. The number of rotatable bonds is 6. The lowest BCUT2D eigenvalue weighted by atomic mass is 10.2. The van der Waals surface area contributed by atoms with Gasteiger partial charge in [0.1, 0.15) is 5.75 Å². The molecule has 0 aliphatic heterocycles. The lowest BCUT2D eigenvalue weighted by Crippen LogP contribution is -2.10. The van der Waals surface area contributed by atoms with E-state index >= 15 is 0 Å². The molecule has 0 N–H and O–H groups in total. The zero-order valence-corrected chi connectivity index (χ0v) is 16.0. The maximum atomic E-state index is 6.21. The molecule has 130 valence electrons. The number of hydrogen-bond acceptors (Lipinski definition) is 4. The maximum absolute atomic E-state index is 6.21.